The molecule has 0 aliphatic carbocycles. The lowest BCUT2D eigenvalue weighted by molar-refractivity contribution is 0.292. The predicted octanol–water partition coefficient (Wildman–Crippen LogP) is 2.78. The Morgan fingerprint density at radius 2 is 2.20 bits per heavy atom. The molecular formula is C10H16BrN3O. The van der Waals surface area contributed by atoms with Gasteiger partial charge < -0.3 is 10.5 Å². The average molecular weight is 274 g/mol. The van der Waals surface area contributed by atoms with Crippen LogP contribution in [0.25, 0.3) is 0 Å². The van der Waals surface area contributed by atoms with Crippen LogP contribution >= 0.6 is 15.9 Å². The zero-order chi connectivity index (χ0) is 11.1. The molecule has 0 spiro atoms. The quantitative estimate of drug-likeness (QED) is 0.810. The topological polar surface area (TPSA) is 61.0 Å². The van der Waals surface area contributed by atoms with Crippen LogP contribution in [0.3, 0.4) is 0 Å². The van der Waals surface area contributed by atoms with Gasteiger partial charge >= 0.3 is 0 Å². The Kier molecular flexibility index (Phi) is 5.39. The Morgan fingerprint density at radius 3 is 2.93 bits per heavy atom. The molecule has 0 aromatic carbocycles. The summed E-state index contributed by atoms with van der Waals surface area (Å²) in [6.45, 7) is 2.86. The summed E-state index contributed by atoms with van der Waals surface area (Å²) in [5.41, 5.74) is 5.46. The third kappa shape index (κ3) is 4.46. The van der Waals surface area contributed by atoms with Crippen molar-refractivity contribution in [2.45, 2.75) is 32.6 Å². The molecule has 5 heteroatoms. The zero-order valence-electron chi connectivity index (χ0n) is 8.87. The molecule has 2 N–H and O–H groups in total. The van der Waals surface area contributed by atoms with Crippen LogP contribution in [0.4, 0.5) is 5.95 Å². The van der Waals surface area contributed by atoms with E-state index in [1.54, 1.807) is 6.20 Å². The Labute approximate surface area is 98.4 Å². The highest BCUT2D eigenvalue weighted by Crippen LogP contribution is 2.21. The van der Waals surface area contributed by atoms with Gasteiger partial charge in [-0.1, -0.05) is 26.2 Å². The van der Waals surface area contributed by atoms with Gasteiger partial charge in [-0.25, -0.2) is 4.98 Å². The number of nitrogen functional groups attached to an aromatic ring is 1. The summed E-state index contributed by atoms with van der Waals surface area (Å²) in [7, 11) is 0. The fourth-order valence-electron chi connectivity index (χ4n) is 1.16. The van der Waals surface area contributed by atoms with Gasteiger partial charge in [-0.3, -0.25) is 0 Å². The lowest BCUT2D eigenvalue weighted by Gasteiger charge is -2.06. The number of halogens is 1. The molecule has 0 unspecified atom stereocenters. The molecule has 1 heterocycles. The normalized spacial score (nSPS) is 10.3. The average Bonchev–Trinajstić information content (AvgIpc) is 2.23. The van der Waals surface area contributed by atoms with E-state index in [-0.39, 0.29) is 5.95 Å². The minimum atomic E-state index is 0.238. The van der Waals surface area contributed by atoms with Crippen LogP contribution in [0.2, 0.25) is 0 Å². The first-order chi connectivity index (χ1) is 7.24. The molecule has 0 aliphatic heterocycles. The summed E-state index contributed by atoms with van der Waals surface area (Å²) < 4.78 is 6.23. The highest BCUT2D eigenvalue weighted by molar-refractivity contribution is 9.10. The van der Waals surface area contributed by atoms with Crippen molar-refractivity contribution in [1.82, 2.24) is 9.97 Å². The summed E-state index contributed by atoms with van der Waals surface area (Å²) in [4.78, 5) is 7.82. The second-order valence-corrected chi connectivity index (χ2v) is 4.14. The maximum absolute atomic E-state index is 5.49. The fraction of sp³-hybridized carbons (Fsp3) is 0.600. The molecule has 84 valence electrons. The Balaban J connectivity index is 2.33. The number of hydrogen-bond donors (Lipinski definition) is 1. The van der Waals surface area contributed by atoms with E-state index in [9.17, 15) is 0 Å². The predicted molar refractivity (Wildman–Crippen MR) is 63.8 cm³/mol. The SMILES string of the molecule is CCCCCCOc1nc(N)ncc1Br. The first kappa shape index (κ1) is 12.2. The van der Waals surface area contributed by atoms with E-state index in [2.05, 4.69) is 32.8 Å². The lowest BCUT2D eigenvalue weighted by atomic mass is 10.2. The molecule has 0 saturated heterocycles. The van der Waals surface area contributed by atoms with Gasteiger partial charge in [0.05, 0.1) is 17.3 Å². The van der Waals surface area contributed by atoms with Crippen molar-refractivity contribution in [2.24, 2.45) is 0 Å². The number of unbranched alkanes of at least 4 members (excludes halogenated alkanes) is 3. The summed E-state index contributed by atoms with van der Waals surface area (Å²) in [5, 5.41) is 0. The molecule has 0 atom stereocenters. The minimum absolute atomic E-state index is 0.238. The third-order valence-electron chi connectivity index (χ3n) is 1.97. The minimum Gasteiger partial charge on any atom is -0.477 e. The number of aromatic nitrogens is 2. The molecule has 0 saturated carbocycles. The van der Waals surface area contributed by atoms with Crippen LogP contribution in [0.5, 0.6) is 5.88 Å². The largest absolute Gasteiger partial charge is 0.477 e. The Morgan fingerprint density at radius 1 is 1.40 bits per heavy atom. The molecular weight excluding hydrogens is 258 g/mol. The van der Waals surface area contributed by atoms with E-state index in [1.807, 2.05) is 0 Å². The van der Waals surface area contributed by atoms with Crippen molar-refractivity contribution in [3.63, 3.8) is 0 Å². The summed E-state index contributed by atoms with van der Waals surface area (Å²) in [6.07, 6.45) is 6.31. The second-order valence-electron chi connectivity index (χ2n) is 3.29. The molecule has 0 radical (unpaired) electrons. The van der Waals surface area contributed by atoms with Crippen molar-refractivity contribution in [3.8, 4) is 5.88 Å². The lowest BCUT2D eigenvalue weighted by Crippen LogP contribution is -2.03. The molecule has 1 aromatic rings. The fourth-order valence-corrected chi connectivity index (χ4v) is 1.47. The van der Waals surface area contributed by atoms with Gasteiger partial charge in [-0.2, -0.15) is 4.98 Å². The third-order valence-corrected chi connectivity index (χ3v) is 2.51. The molecule has 1 aromatic heterocycles. The van der Waals surface area contributed by atoms with Gasteiger partial charge in [0.25, 0.3) is 0 Å². The number of anilines is 1. The maximum atomic E-state index is 5.49. The van der Waals surface area contributed by atoms with Crippen molar-refractivity contribution in [2.75, 3.05) is 12.3 Å². The van der Waals surface area contributed by atoms with Crippen LogP contribution < -0.4 is 10.5 Å². The van der Waals surface area contributed by atoms with Crippen LogP contribution in [-0.2, 0) is 0 Å². The van der Waals surface area contributed by atoms with Gasteiger partial charge in [0.1, 0.15) is 0 Å². The first-order valence-corrected chi connectivity index (χ1v) is 5.94. The van der Waals surface area contributed by atoms with Crippen LogP contribution in [-0.4, -0.2) is 16.6 Å². The zero-order valence-corrected chi connectivity index (χ0v) is 10.5. The van der Waals surface area contributed by atoms with Crippen LogP contribution in [0, 0.1) is 0 Å². The van der Waals surface area contributed by atoms with E-state index < -0.39 is 0 Å². The van der Waals surface area contributed by atoms with Gasteiger partial charge in [-0.15, -0.1) is 0 Å². The first-order valence-electron chi connectivity index (χ1n) is 5.15. The Bertz CT molecular complexity index is 307. The number of rotatable bonds is 6. The van der Waals surface area contributed by atoms with Crippen molar-refractivity contribution >= 4 is 21.9 Å². The Hall–Kier alpha value is -0.840. The van der Waals surface area contributed by atoms with E-state index in [0.29, 0.717) is 12.5 Å². The number of nitrogens with two attached hydrogens (primary N) is 1. The van der Waals surface area contributed by atoms with Crippen molar-refractivity contribution < 1.29 is 4.74 Å². The van der Waals surface area contributed by atoms with Gasteiger partial charge in [0.2, 0.25) is 11.8 Å². The second kappa shape index (κ2) is 6.61. The van der Waals surface area contributed by atoms with Crippen molar-refractivity contribution in [1.29, 1.82) is 0 Å². The molecule has 0 amide bonds. The van der Waals surface area contributed by atoms with Gasteiger partial charge in [-0.05, 0) is 22.4 Å². The van der Waals surface area contributed by atoms with E-state index in [0.717, 1.165) is 10.9 Å². The summed E-state index contributed by atoms with van der Waals surface area (Å²) in [6, 6.07) is 0. The smallest absolute Gasteiger partial charge is 0.232 e. The monoisotopic (exact) mass is 273 g/mol. The van der Waals surface area contributed by atoms with E-state index >= 15 is 0 Å². The molecule has 0 bridgehead atoms. The number of hydrogen-bond acceptors (Lipinski definition) is 4. The van der Waals surface area contributed by atoms with E-state index in [4.69, 9.17) is 10.5 Å². The molecule has 4 nitrogen and oxygen atoms in total. The molecule has 15 heavy (non-hydrogen) atoms. The van der Waals surface area contributed by atoms with Gasteiger partial charge in [0.15, 0.2) is 0 Å². The summed E-state index contributed by atoms with van der Waals surface area (Å²) >= 11 is 3.31. The highest BCUT2D eigenvalue weighted by atomic mass is 79.9. The molecule has 1 rings (SSSR count). The van der Waals surface area contributed by atoms with Gasteiger partial charge in [0, 0.05) is 0 Å². The molecule has 0 aliphatic rings. The van der Waals surface area contributed by atoms with Crippen molar-refractivity contribution in [3.05, 3.63) is 10.7 Å². The van der Waals surface area contributed by atoms with Crippen LogP contribution in [0.1, 0.15) is 32.6 Å². The molecule has 0 fully saturated rings. The van der Waals surface area contributed by atoms with E-state index in [1.165, 1.54) is 19.3 Å². The highest BCUT2D eigenvalue weighted by Gasteiger charge is 2.03. The standard InChI is InChI=1S/C10H16BrN3O/c1-2-3-4-5-6-15-9-8(11)7-13-10(12)14-9/h7H,2-6H2,1H3,(H2,12,13,14). The number of ether oxygens (including phenoxy) is 1. The van der Waals surface area contributed by atoms with Crippen LogP contribution in [0.15, 0.2) is 10.7 Å². The summed E-state index contributed by atoms with van der Waals surface area (Å²) in [5.74, 6) is 0.765. The number of nitrogens with zero attached hydrogens (tertiary/aromatic N) is 2. The maximum Gasteiger partial charge on any atom is 0.232 e.